The van der Waals surface area contributed by atoms with Crippen LogP contribution < -0.4 is 0 Å². The van der Waals surface area contributed by atoms with Gasteiger partial charge in [-0.15, -0.1) is 0 Å². The lowest BCUT2D eigenvalue weighted by Gasteiger charge is -2.03. The molecule has 0 amide bonds. The molecule has 4 nitrogen and oxygen atoms in total. The summed E-state index contributed by atoms with van der Waals surface area (Å²) in [5.41, 5.74) is 0.603. The van der Waals surface area contributed by atoms with Crippen molar-refractivity contribution in [3.8, 4) is 12.1 Å². The molecule has 0 saturated heterocycles. The number of halogens is 2. The van der Waals surface area contributed by atoms with Crippen molar-refractivity contribution < 1.29 is 18.1 Å². The molecule has 2 rings (SSSR count). The van der Waals surface area contributed by atoms with Gasteiger partial charge in [0.2, 0.25) is 5.78 Å². The summed E-state index contributed by atoms with van der Waals surface area (Å²) in [5, 5.41) is 18.5. The number of hydrogen-bond donors (Lipinski definition) is 0. The molecule has 0 bridgehead atoms. The van der Waals surface area contributed by atoms with Crippen LogP contribution in [0, 0.1) is 34.3 Å². The first-order chi connectivity index (χ1) is 12.9. The minimum absolute atomic E-state index is 0.128. The molecule has 27 heavy (non-hydrogen) atoms. The van der Waals surface area contributed by atoms with Gasteiger partial charge >= 0.3 is 0 Å². The van der Waals surface area contributed by atoms with E-state index in [2.05, 4.69) is 0 Å². The van der Waals surface area contributed by atoms with E-state index in [9.17, 15) is 18.1 Å². The summed E-state index contributed by atoms with van der Waals surface area (Å²) in [5.74, 6) is -2.12. The highest BCUT2D eigenvalue weighted by molar-refractivity contribution is 7.95. The fourth-order valence-electron chi connectivity index (χ4n) is 2.03. The van der Waals surface area contributed by atoms with E-state index in [1.807, 2.05) is 0 Å². The average Bonchev–Trinajstić information content (AvgIpc) is 2.65. The molecule has 0 aliphatic heterocycles. The molecule has 0 heterocycles. The van der Waals surface area contributed by atoms with Crippen molar-refractivity contribution in [2.45, 2.75) is 0 Å². The first kappa shape index (κ1) is 20.1. The van der Waals surface area contributed by atoms with E-state index < -0.39 is 28.6 Å². The van der Waals surface area contributed by atoms with Crippen LogP contribution in [-0.4, -0.2) is 16.1 Å². The highest BCUT2D eigenvalue weighted by Gasteiger charge is 2.09. The van der Waals surface area contributed by atoms with E-state index in [0.29, 0.717) is 0 Å². The quantitative estimate of drug-likeness (QED) is 0.563. The molecule has 0 aliphatic rings. The van der Waals surface area contributed by atoms with Gasteiger partial charge in [-0.3, -0.25) is 4.79 Å². The lowest BCUT2D eigenvalue weighted by atomic mass is 10.1. The van der Waals surface area contributed by atoms with E-state index >= 15 is 0 Å². The normalized spacial score (nSPS) is 12.0. The van der Waals surface area contributed by atoms with Crippen LogP contribution in [0.15, 0.2) is 47.9 Å². The zero-order valence-corrected chi connectivity index (χ0v) is 14.7. The van der Waals surface area contributed by atoms with Crippen LogP contribution in [0.1, 0.15) is 22.3 Å². The lowest BCUT2D eigenvalue weighted by molar-refractivity contribution is -0.112. The minimum atomic E-state index is -1.68. The van der Waals surface area contributed by atoms with E-state index in [-0.39, 0.29) is 28.0 Å². The molecule has 1 atom stereocenters. The van der Waals surface area contributed by atoms with Crippen LogP contribution in [-0.2, 0) is 16.0 Å². The Hall–Kier alpha value is -3.26. The van der Waals surface area contributed by atoms with Crippen LogP contribution in [0.2, 0.25) is 0 Å². The Balaban J connectivity index is 1.97. The van der Waals surface area contributed by atoms with Crippen LogP contribution in [0.25, 0.3) is 12.2 Å². The highest BCUT2D eigenvalue weighted by Crippen LogP contribution is 2.14. The molecule has 0 radical (unpaired) electrons. The van der Waals surface area contributed by atoms with Gasteiger partial charge in [-0.05, 0) is 53.7 Å². The van der Waals surface area contributed by atoms with Crippen LogP contribution in [0.3, 0.4) is 0 Å². The Morgan fingerprint density at radius 1 is 1.00 bits per heavy atom. The molecule has 1 unspecified atom stereocenters. The first-order valence-corrected chi connectivity index (χ1v) is 8.96. The first-order valence-electron chi connectivity index (χ1n) is 7.58. The summed E-state index contributed by atoms with van der Waals surface area (Å²) in [4.78, 5) is 11.8. The van der Waals surface area contributed by atoms with E-state index in [1.54, 1.807) is 12.1 Å². The predicted molar refractivity (Wildman–Crippen MR) is 98.3 cm³/mol. The van der Waals surface area contributed by atoms with Crippen molar-refractivity contribution in [2.75, 3.05) is 5.75 Å². The third-order valence-electron chi connectivity index (χ3n) is 3.39. The number of nitriles is 2. The molecule has 0 spiro atoms. The minimum Gasteiger partial charge on any atom is -0.612 e. The number of nitrogens with zero attached hydrogens (tertiary/aromatic N) is 2. The Morgan fingerprint density at radius 3 is 2.00 bits per heavy atom. The fourth-order valence-corrected chi connectivity index (χ4v) is 2.80. The van der Waals surface area contributed by atoms with Crippen molar-refractivity contribution in [3.63, 3.8) is 0 Å². The van der Waals surface area contributed by atoms with E-state index in [1.165, 1.54) is 41.8 Å². The van der Waals surface area contributed by atoms with Gasteiger partial charge in [0.15, 0.2) is 5.75 Å². The summed E-state index contributed by atoms with van der Waals surface area (Å²) < 4.78 is 39.3. The summed E-state index contributed by atoms with van der Waals surface area (Å²) in [7, 11) is 0. The number of rotatable bonds is 6. The second-order valence-corrected chi connectivity index (χ2v) is 6.65. The molecule has 0 aromatic heterocycles. The average molecular weight is 382 g/mol. The Labute approximate surface area is 157 Å². The molecular formula is C20H12F2N2O2S. The second-order valence-electron chi connectivity index (χ2n) is 5.32. The summed E-state index contributed by atoms with van der Waals surface area (Å²) >= 11 is -1.68. The molecule has 2 aromatic rings. The number of benzene rings is 2. The Morgan fingerprint density at radius 2 is 1.52 bits per heavy atom. The van der Waals surface area contributed by atoms with Gasteiger partial charge in [0.25, 0.3) is 0 Å². The number of carbonyl (C=O) groups excluding carboxylic acids is 1. The fraction of sp³-hybridized carbons (Fsp3) is 0.0500. The van der Waals surface area contributed by atoms with E-state index in [4.69, 9.17) is 10.5 Å². The third-order valence-corrected chi connectivity index (χ3v) is 4.40. The predicted octanol–water partition coefficient (Wildman–Crippen LogP) is 3.71. The van der Waals surface area contributed by atoms with E-state index in [0.717, 1.165) is 18.2 Å². The smallest absolute Gasteiger partial charge is 0.205 e. The van der Waals surface area contributed by atoms with Gasteiger partial charge in [0.05, 0.1) is 23.3 Å². The molecule has 134 valence electrons. The molecule has 0 N–H and O–H groups in total. The summed E-state index contributed by atoms with van der Waals surface area (Å²) in [6.45, 7) is 0. The van der Waals surface area contributed by atoms with Crippen molar-refractivity contribution >= 4 is 29.1 Å². The van der Waals surface area contributed by atoms with Gasteiger partial charge in [0, 0.05) is 11.1 Å². The zero-order valence-electron chi connectivity index (χ0n) is 13.9. The molecule has 7 heteroatoms. The van der Waals surface area contributed by atoms with Crippen LogP contribution in [0.5, 0.6) is 0 Å². The van der Waals surface area contributed by atoms with Gasteiger partial charge in [-0.2, -0.15) is 10.5 Å². The maximum absolute atomic E-state index is 13.7. The Kier molecular flexibility index (Phi) is 7.01. The zero-order chi connectivity index (χ0) is 19.8. The SMILES string of the molecule is N#Cc1ccc(/C=C/C(=O)C[S+]([O-])/C=C/c2ccc(C#N)cc2F)c(F)c1. The Bertz CT molecular complexity index is 1000. The van der Waals surface area contributed by atoms with Crippen molar-refractivity contribution in [1.82, 2.24) is 0 Å². The molecule has 2 aromatic carbocycles. The van der Waals surface area contributed by atoms with Gasteiger partial charge < -0.3 is 4.55 Å². The van der Waals surface area contributed by atoms with Gasteiger partial charge in [-0.25, -0.2) is 8.78 Å². The van der Waals surface area contributed by atoms with Crippen molar-refractivity contribution in [3.05, 3.63) is 81.8 Å². The van der Waals surface area contributed by atoms with Crippen molar-refractivity contribution in [1.29, 1.82) is 10.5 Å². The highest BCUT2D eigenvalue weighted by atomic mass is 32.2. The summed E-state index contributed by atoms with van der Waals surface area (Å²) in [6.07, 6.45) is 3.60. The third kappa shape index (κ3) is 5.89. The van der Waals surface area contributed by atoms with Crippen molar-refractivity contribution in [2.24, 2.45) is 0 Å². The molecular weight excluding hydrogens is 370 g/mol. The van der Waals surface area contributed by atoms with Crippen LogP contribution >= 0.6 is 0 Å². The lowest BCUT2D eigenvalue weighted by Crippen LogP contribution is -2.11. The second kappa shape index (κ2) is 9.44. The molecule has 0 fully saturated rings. The van der Waals surface area contributed by atoms with Gasteiger partial charge in [-0.1, -0.05) is 12.1 Å². The monoisotopic (exact) mass is 382 g/mol. The molecule has 0 saturated carbocycles. The molecule has 0 aliphatic carbocycles. The maximum Gasteiger partial charge on any atom is 0.205 e. The number of ketones is 1. The standard InChI is InChI=1S/C20H12F2N2O2S/c21-19-9-14(11-23)1-3-16(19)5-6-18(25)13-27(26)8-7-17-4-2-15(12-24)10-20(17)22/h1-10H,13H2/b6-5+,8-7+. The largest absolute Gasteiger partial charge is 0.612 e. The number of allylic oxidation sites excluding steroid dienone is 1. The number of carbonyl (C=O) groups is 1. The van der Waals surface area contributed by atoms with Gasteiger partial charge in [0.1, 0.15) is 17.0 Å². The topological polar surface area (TPSA) is 87.7 Å². The number of hydrogen-bond acceptors (Lipinski definition) is 4. The van der Waals surface area contributed by atoms with Crippen LogP contribution in [0.4, 0.5) is 8.78 Å². The summed E-state index contributed by atoms with van der Waals surface area (Å²) in [6, 6.07) is 11.3. The maximum atomic E-state index is 13.7.